The quantitative estimate of drug-likeness (QED) is 0.784. The second kappa shape index (κ2) is 6.11. The summed E-state index contributed by atoms with van der Waals surface area (Å²) in [5, 5.41) is 7.53. The van der Waals surface area contributed by atoms with Crippen molar-refractivity contribution in [1.82, 2.24) is 19.5 Å². The first-order chi connectivity index (χ1) is 10.6. The van der Waals surface area contributed by atoms with Crippen molar-refractivity contribution in [3.63, 3.8) is 0 Å². The Morgan fingerprint density at radius 1 is 1.27 bits per heavy atom. The van der Waals surface area contributed by atoms with Crippen molar-refractivity contribution in [3.8, 4) is 0 Å². The van der Waals surface area contributed by atoms with E-state index in [-0.39, 0.29) is 17.5 Å². The number of halogens is 1. The topological polar surface area (TPSA) is 51.3 Å². The zero-order chi connectivity index (χ0) is 15.5. The first kappa shape index (κ1) is 14.5. The number of hydrogen-bond acceptors (Lipinski definition) is 3. The van der Waals surface area contributed by atoms with Crippen molar-refractivity contribution in [3.05, 3.63) is 70.5 Å². The van der Waals surface area contributed by atoms with Crippen molar-refractivity contribution < 1.29 is 4.39 Å². The second-order valence-corrected chi connectivity index (χ2v) is 5.17. The Bertz CT molecular complexity index is 839. The van der Waals surface area contributed by atoms with Crippen molar-refractivity contribution in [2.45, 2.75) is 19.5 Å². The molecular weight excluding hydrogens is 283 g/mol. The van der Waals surface area contributed by atoms with Crippen molar-refractivity contribution in [1.29, 1.82) is 0 Å². The first-order valence-electron chi connectivity index (χ1n) is 7.18. The maximum absolute atomic E-state index is 13.2. The lowest BCUT2D eigenvalue weighted by atomic mass is 10.1. The molecule has 0 unspecified atom stereocenters. The largest absolute Gasteiger partial charge is 0.350 e. The standard InChI is InChI=1S/C16H17FN4O/c1-12(13-5-4-6-14(17)11-13)18-8-10-21-16(22)20-9-3-2-7-15(20)19-21/h2-7,9,11-12,18H,8,10H2,1H3/t12-/m1/s1. The number of aromatic nitrogens is 3. The van der Waals surface area contributed by atoms with Crippen LogP contribution in [0.15, 0.2) is 53.5 Å². The Labute approximate surface area is 127 Å². The third-order valence-electron chi connectivity index (χ3n) is 3.61. The third-order valence-corrected chi connectivity index (χ3v) is 3.61. The molecule has 2 aromatic heterocycles. The first-order valence-corrected chi connectivity index (χ1v) is 7.18. The van der Waals surface area contributed by atoms with Crippen LogP contribution >= 0.6 is 0 Å². The van der Waals surface area contributed by atoms with Gasteiger partial charge in [0.2, 0.25) is 0 Å². The Morgan fingerprint density at radius 3 is 2.91 bits per heavy atom. The predicted octanol–water partition coefficient (Wildman–Crippen LogP) is 1.99. The van der Waals surface area contributed by atoms with Crippen LogP contribution in [0.2, 0.25) is 0 Å². The van der Waals surface area contributed by atoms with Crippen LogP contribution in [0, 0.1) is 5.82 Å². The molecule has 0 bridgehead atoms. The maximum Gasteiger partial charge on any atom is 0.350 e. The zero-order valence-corrected chi connectivity index (χ0v) is 12.2. The van der Waals surface area contributed by atoms with E-state index in [0.717, 1.165) is 5.56 Å². The van der Waals surface area contributed by atoms with Gasteiger partial charge in [0.15, 0.2) is 5.65 Å². The monoisotopic (exact) mass is 300 g/mol. The van der Waals surface area contributed by atoms with Gasteiger partial charge in [0, 0.05) is 18.8 Å². The number of pyridine rings is 1. The minimum absolute atomic E-state index is 0.00318. The van der Waals surface area contributed by atoms with E-state index in [2.05, 4.69) is 10.4 Å². The summed E-state index contributed by atoms with van der Waals surface area (Å²) in [6.45, 7) is 2.99. The minimum Gasteiger partial charge on any atom is -0.308 e. The van der Waals surface area contributed by atoms with E-state index in [4.69, 9.17) is 0 Å². The summed E-state index contributed by atoms with van der Waals surface area (Å²) in [5.41, 5.74) is 1.35. The van der Waals surface area contributed by atoms with Crippen LogP contribution in [-0.2, 0) is 6.54 Å². The van der Waals surface area contributed by atoms with Crippen molar-refractivity contribution >= 4 is 5.65 Å². The number of benzene rings is 1. The highest BCUT2D eigenvalue weighted by molar-refractivity contribution is 5.35. The van der Waals surface area contributed by atoms with Crippen molar-refractivity contribution in [2.75, 3.05) is 6.54 Å². The number of nitrogens with one attached hydrogen (secondary N) is 1. The molecule has 0 aliphatic rings. The van der Waals surface area contributed by atoms with Crippen LogP contribution < -0.4 is 11.0 Å². The van der Waals surface area contributed by atoms with Crippen LogP contribution in [0.25, 0.3) is 5.65 Å². The third kappa shape index (κ3) is 2.92. The highest BCUT2D eigenvalue weighted by atomic mass is 19.1. The summed E-state index contributed by atoms with van der Waals surface area (Å²) >= 11 is 0. The molecule has 0 saturated carbocycles. The van der Waals surface area contributed by atoms with E-state index in [1.54, 1.807) is 24.4 Å². The molecule has 2 heterocycles. The predicted molar refractivity (Wildman–Crippen MR) is 82.3 cm³/mol. The SMILES string of the molecule is C[C@@H](NCCn1nc2ccccn2c1=O)c1cccc(F)c1. The van der Waals surface area contributed by atoms with E-state index < -0.39 is 0 Å². The Balaban J connectivity index is 1.65. The molecular formula is C16H17FN4O. The van der Waals surface area contributed by atoms with E-state index in [9.17, 15) is 9.18 Å². The van der Waals surface area contributed by atoms with E-state index in [1.165, 1.54) is 21.2 Å². The fourth-order valence-corrected chi connectivity index (χ4v) is 2.39. The van der Waals surface area contributed by atoms with Gasteiger partial charge in [-0.25, -0.2) is 13.9 Å². The molecule has 0 aliphatic heterocycles. The van der Waals surface area contributed by atoms with Gasteiger partial charge in [0.1, 0.15) is 5.82 Å². The van der Waals surface area contributed by atoms with Crippen LogP contribution in [0.4, 0.5) is 4.39 Å². The molecule has 0 spiro atoms. The molecule has 114 valence electrons. The van der Waals surface area contributed by atoms with E-state index in [0.29, 0.717) is 18.7 Å². The highest BCUT2D eigenvalue weighted by Gasteiger charge is 2.08. The molecule has 0 aliphatic carbocycles. The number of hydrogen-bond donors (Lipinski definition) is 1. The molecule has 6 heteroatoms. The highest BCUT2D eigenvalue weighted by Crippen LogP contribution is 2.12. The van der Waals surface area contributed by atoms with Crippen LogP contribution in [0.5, 0.6) is 0 Å². The lowest BCUT2D eigenvalue weighted by Crippen LogP contribution is -2.29. The van der Waals surface area contributed by atoms with Gasteiger partial charge in [-0.3, -0.25) is 4.40 Å². The van der Waals surface area contributed by atoms with Gasteiger partial charge in [0.25, 0.3) is 0 Å². The fourth-order valence-electron chi connectivity index (χ4n) is 2.39. The van der Waals surface area contributed by atoms with Crippen LogP contribution in [0.1, 0.15) is 18.5 Å². The molecule has 0 amide bonds. The number of nitrogens with zero attached hydrogens (tertiary/aromatic N) is 3. The molecule has 22 heavy (non-hydrogen) atoms. The van der Waals surface area contributed by atoms with Crippen molar-refractivity contribution in [2.24, 2.45) is 0 Å². The van der Waals surface area contributed by atoms with E-state index >= 15 is 0 Å². The van der Waals surface area contributed by atoms with Crippen LogP contribution in [0.3, 0.4) is 0 Å². The minimum atomic E-state index is -0.247. The molecule has 3 rings (SSSR count). The Kier molecular flexibility index (Phi) is 4.02. The maximum atomic E-state index is 13.2. The molecule has 1 aromatic carbocycles. The Morgan fingerprint density at radius 2 is 2.14 bits per heavy atom. The average molecular weight is 300 g/mol. The lowest BCUT2D eigenvalue weighted by molar-refractivity contribution is 0.497. The molecule has 0 saturated heterocycles. The zero-order valence-electron chi connectivity index (χ0n) is 12.2. The number of fused-ring (bicyclic) bond motifs is 1. The van der Waals surface area contributed by atoms with Gasteiger partial charge in [-0.05, 0) is 36.8 Å². The summed E-state index contributed by atoms with van der Waals surface area (Å²) in [6, 6.07) is 11.9. The van der Waals surface area contributed by atoms with Crippen LogP contribution in [-0.4, -0.2) is 20.7 Å². The molecule has 3 aromatic rings. The summed E-state index contributed by atoms with van der Waals surface area (Å²) in [6.07, 6.45) is 1.70. The Hall–Kier alpha value is -2.47. The molecule has 0 fully saturated rings. The summed E-state index contributed by atoms with van der Waals surface area (Å²) in [7, 11) is 0. The average Bonchev–Trinajstić information content (AvgIpc) is 2.84. The summed E-state index contributed by atoms with van der Waals surface area (Å²) in [4.78, 5) is 12.1. The van der Waals surface area contributed by atoms with Gasteiger partial charge >= 0.3 is 5.69 Å². The molecule has 5 nitrogen and oxygen atoms in total. The van der Waals surface area contributed by atoms with Gasteiger partial charge in [0.05, 0.1) is 6.54 Å². The lowest BCUT2D eigenvalue weighted by Gasteiger charge is -2.13. The molecule has 0 radical (unpaired) electrons. The molecule has 1 N–H and O–H groups in total. The molecule has 1 atom stereocenters. The van der Waals surface area contributed by atoms with Gasteiger partial charge in [-0.15, -0.1) is 5.10 Å². The fraction of sp³-hybridized carbons (Fsp3) is 0.250. The summed E-state index contributed by atoms with van der Waals surface area (Å²) < 4.78 is 16.1. The smallest absolute Gasteiger partial charge is 0.308 e. The van der Waals surface area contributed by atoms with Gasteiger partial charge in [-0.2, -0.15) is 0 Å². The second-order valence-electron chi connectivity index (χ2n) is 5.17. The normalized spacial score (nSPS) is 12.6. The van der Waals surface area contributed by atoms with Gasteiger partial charge < -0.3 is 5.32 Å². The number of rotatable bonds is 5. The van der Waals surface area contributed by atoms with Gasteiger partial charge in [-0.1, -0.05) is 18.2 Å². The van der Waals surface area contributed by atoms with E-state index in [1.807, 2.05) is 19.1 Å². The summed E-state index contributed by atoms with van der Waals surface area (Å²) in [5.74, 6) is -0.247.